The van der Waals surface area contributed by atoms with E-state index in [0.717, 1.165) is 5.57 Å². The first-order chi connectivity index (χ1) is 7.63. The van der Waals surface area contributed by atoms with Crippen molar-refractivity contribution in [1.82, 2.24) is 5.16 Å². The molecule has 0 amide bonds. The fraction of sp³-hybridized carbons (Fsp3) is 0.273. The van der Waals surface area contributed by atoms with Gasteiger partial charge in [-0.05, 0) is 12.5 Å². The molecule has 0 fully saturated rings. The Bertz CT molecular complexity index is 406. The summed E-state index contributed by atoms with van der Waals surface area (Å²) in [5.41, 5.74) is 0.907. The number of hydrogen-bond acceptors (Lipinski definition) is 4. The molecule has 1 N–H and O–H groups in total. The summed E-state index contributed by atoms with van der Waals surface area (Å²) in [6, 6.07) is 1.34. The lowest BCUT2D eigenvalue weighted by molar-refractivity contribution is 0.0685. The highest BCUT2D eigenvalue weighted by atomic mass is 16.5. The molecule has 5 heteroatoms. The summed E-state index contributed by atoms with van der Waals surface area (Å²) in [6.45, 7) is 6.11. The molecule has 0 aliphatic heterocycles. The van der Waals surface area contributed by atoms with E-state index in [-0.39, 0.29) is 12.3 Å². The Hall–Kier alpha value is -1.88. The second-order valence-electron chi connectivity index (χ2n) is 3.23. The number of aromatic carboxylic acids is 1. The Balaban J connectivity index is 2.40. The van der Waals surface area contributed by atoms with Crippen LogP contribution in [0.4, 0.5) is 0 Å². The summed E-state index contributed by atoms with van der Waals surface area (Å²) in [7, 11) is 0. The first kappa shape index (κ1) is 12.2. The third-order valence-corrected chi connectivity index (χ3v) is 1.75. The van der Waals surface area contributed by atoms with Crippen LogP contribution in [0.15, 0.2) is 34.9 Å². The highest BCUT2D eigenvalue weighted by Crippen LogP contribution is 2.06. The van der Waals surface area contributed by atoms with Crippen molar-refractivity contribution in [3.05, 3.63) is 41.8 Å². The third-order valence-electron chi connectivity index (χ3n) is 1.75. The monoisotopic (exact) mass is 223 g/mol. The van der Waals surface area contributed by atoms with E-state index in [1.54, 1.807) is 6.08 Å². The van der Waals surface area contributed by atoms with Crippen molar-refractivity contribution in [2.24, 2.45) is 0 Å². The van der Waals surface area contributed by atoms with E-state index in [1.807, 2.05) is 13.0 Å². The SMILES string of the molecule is C=C/C=C(\C)COCc1cc(C(=O)O)no1. The summed E-state index contributed by atoms with van der Waals surface area (Å²) < 4.78 is 10.1. The summed E-state index contributed by atoms with van der Waals surface area (Å²) in [5.74, 6) is -0.721. The third kappa shape index (κ3) is 3.70. The fourth-order valence-electron chi connectivity index (χ4n) is 1.04. The van der Waals surface area contributed by atoms with Gasteiger partial charge < -0.3 is 14.4 Å². The molecule has 86 valence electrons. The van der Waals surface area contributed by atoms with Gasteiger partial charge in [0.25, 0.3) is 0 Å². The van der Waals surface area contributed by atoms with Gasteiger partial charge in [0.15, 0.2) is 11.5 Å². The Morgan fingerprint density at radius 1 is 1.75 bits per heavy atom. The highest BCUT2D eigenvalue weighted by molar-refractivity contribution is 5.85. The average Bonchev–Trinajstić information content (AvgIpc) is 2.67. The van der Waals surface area contributed by atoms with Crippen LogP contribution in [0.1, 0.15) is 23.2 Å². The van der Waals surface area contributed by atoms with Crippen molar-refractivity contribution in [2.75, 3.05) is 6.61 Å². The number of hydrogen-bond donors (Lipinski definition) is 1. The summed E-state index contributed by atoms with van der Waals surface area (Å²) in [5, 5.41) is 12.0. The molecule has 0 aliphatic rings. The van der Waals surface area contributed by atoms with E-state index in [1.165, 1.54) is 6.07 Å². The van der Waals surface area contributed by atoms with Crippen LogP contribution in [-0.2, 0) is 11.3 Å². The number of carbonyl (C=O) groups is 1. The van der Waals surface area contributed by atoms with Gasteiger partial charge in [-0.3, -0.25) is 0 Å². The second kappa shape index (κ2) is 5.87. The van der Waals surface area contributed by atoms with Gasteiger partial charge in [0, 0.05) is 6.07 Å². The van der Waals surface area contributed by atoms with E-state index in [0.29, 0.717) is 12.4 Å². The zero-order valence-corrected chi connectivity index (χ0v) is 8.97. The molecule has 0 saturated carbocycles. The van der Waals surface area contributed by atoms with Gasteiger partial charge in [-0.2, -0.15) is 0 Å². The minimum absolute atomic E-state index is 0.114. The first-order valence-electron chi connectivity index (χ1n) is 4.68. The number of ether oxygens (including phenoxy) is 1. The van der Waals surface area contributed by atoms with Crippen molar-refractivity contribution in [3.8, 4) is 0 Å². The summed E-state index contributed by atoms with van der Waals surface area (Å²) in [6.07, 6.45) is 3.51. The fourth-order valence-corrected chi connectivity index (χ4v) is 1.04. The number of carboxylic acid groups (broad SMARTS) is 1. The van der Waals surface area contributed by atoms with Crippen LogP contribution in [0.3, 0.4) is 0 Å². The normalized spacial score (nSPS) is 11.4. The standard InChI is InChI=1S/C11H13NO4/c1-3-4-8(2)6-15-7-9-5-10(11(13)14)12-16-9/h3-5H,1,6-7H2,2H3,(H,13,14)/b8-4+. The van der Waals surface area contributed by atoms with Crippen LogP contribution < -0.4 is 0 Å². The Morgan fingerprint density at radius 3 is 3.06 bits per heavy atom. The van der Waals surface area contributed by atoms with Crippen molar-refractivity contribution in [3.63, 3.8) is 0 Å². The van der Waals surface area contributed by atoms with Crippen molar-refractivity contribution in [2.45, 2.75) is 13.5 Å². The molecule has 0 unspecified atom stereocenters. The van der Waals surface area contributed by atoms with Gasteiger partial charge in [-0.25, -0.2) is 4.79 Å². The first-order valence-corrected chi connectivity index (χ1v) is 4.68. The molecule has 1 heterocycles. The lowest BCUT2D eigenvalue weighted by atomic mass is 10.3. The predicted octanol–water partition coefficient (Wildman–Crippen LogP) is 2.02. The molecule has 0 aliphatic carbocycles. The zero-order chi connectivity index (χ0) is 12.0. The molecular formula is C11H13NO4. The minimum Gasteiger partial charge on any atom is -0.476 e. The molecule has 1 aromatic heterocycles. The van der Waals surface area contributed by atoms with Crippen LogP contribution in [-0.4, -0.2) is 22.8 Å². The summed E-state index contributed by atoms with van der Waals surface area (Å²) >= 11 is 0. The second-order valence-corrected chi connectivity index (χ2v) is 3.23. The van der Waals surface area contributed by atoms with Crippen molar-refractivity contribution >= 4 is 5.97 Å². The molecule has 0 atom stereocenters. The molecule has 0 radical (unpaired) electrons. The smallest absolute Gasteiger partial charge is 0.358 e. The van der Waals surface area contributed by atoms with Gasteiger partial charge in [0.05, 0.1) is 6.61 Å². The van der Waals surface area contributed by atoms with Crippen LogP contribution in [0, 0.1) is 0 Å². The van der Waals surface area contributed by atoms with Gasteiger partial charge in [-0.1, -0.05) is 23.9 Å². The molecule has 0 aromatic carbocycles. The number of allylic oxidation sites excluding steroid dienone is 2. The number of nitrogens with zero attached hydrogens (tertiary/aromatic N) is 1. The molecular weight excluding hydrogens is 210 g/mol. The highest BCUT2D eigenvalue weighted by Gasteiger charge is 2.10. The van der Waals surface area contributed by atoms with E-state index in [4.69, 9.17) is 14.4 Å². The van der Waals surface area contributed by atoms with Gasteiger partial charge in [0.1, 0.15) is 6.61 Å². The van der Waals surface area contributed by atoms with E-state index >= 15 is 0 Å². The average molecular weight is 223 g/mol. The van der Waals surface area contributed by atoms with Crippen LogP contribution >= 0.6 is 0 Å². The van der Waals surface area contributed by atoms with Crippen LogP contribution in [0.2, 0.25) is 0 Å². The molecule has 1 aromatic rings. The number of rotatable bonds is 6. The Labute approximate surface area is 93.0 Å². The quantitative estimate of drug-likeness (QED) is 0.747. The maximum atomic E-state index is 10.5. The molecule has 16 heavy (non-hydrogen) atoms. The Morgan fingerprint density at radius 2 is 2.50 bits per heavy atom. The van der Waals surface area contributed by atoms with E-state index < -0.39 is 5.97 Å². The molecule has 0 bridgehead atoms. The predicted molar refractivity (Wildman–Crippen MR) is 57.1 cm³/mol. The van der Waals surface area contributed by atoms with Gasteiger partial charge >= 0.3 is 5.97 Å². The Kier molecular flexibility index (Phi) is 4.47. The maximum Gasteiger partial charge on any atom is 0.358 e. The molecule has 5 nitrogen and oxygen atoms in total. The summed E-state index contributed by atoms with van der Waals surface area (Å²) in [4.78, 5) is 10.5. The van der Waals surface area contributed by atoms with Crippen molar-refractivity contribution in [1.29, 1.82) is 0 Å². The number of carboxylic acids is 1. The van der Waals surface area contributed by atoms with Gasteiger partial charge in [-0.15, -0.1) is 0 Å². The largest absolute Gasteiger partial charge is 0.476 e. The lowest BCUT2D eigenvalue weighted by Gasteiger charge is -2.00. The number of aromatic nitrogens is 1. The maximum absolute atomic E-state index is 10.5. The van der Waals surface area contributed by atoms with Crippen LogP contribution in [0.25, 0.3) is 0 Å². The van der Waals surface area contributed by atoms with Crippen LogP contribution in [0.5, 0.6) is 0 Å². The van der Waals surface area contributed by atoms with Crippen molar-refractivity contribution < 1.29 is 19.2 Å². The molecule has 0 spiro atoms. The minimum atomic E-state index is -1.11. The van der Waals surface area contributed by atoms with E-state index in [2.05, 4.69) is 11.7 Å². The topological polar surface area (TPSA) is 72.6 Å². The molecule has 0 saturated heterocycles. The van der Waals surface area contributed by atoms with Gasteiger partial charge in [0.2, 0.25) is 0 Å². The lowest BCUT2D eigenvalue weighted by Crippen LogP contribution is -1.96. The molecule has 1 rings (SSSR count). The van der Waals surface area contributed by atoms with E-state index in [9.17, 15) is 4.79 Å². The zero-order valence-electron chi connectivity index (χ0n) is 8.97.